The van der Waals surface area contributed by atoms with Crippen LogP contribution in [0.25, 0.3) is 10.9 Å². The molecule has 1 aromatic heterocycles. The van der Waals surface area contributed by atoms with Crippen molar-refractivity contribution in [1.29, 1.82) is 0 Å². The molecule has 3 heterocycles. The van der Waals surface area contributed by atoms with Gasteiger partial charge in [-0.15, -0.1) is 0 Å². The molecule has 7 nitrogen and oxygen atoms in total. The molecule has 0 spiro atoms. The minimum Gasteiger partial charge on any atom is -0.487 e. The maximum absolute atomic E-state index is 15.2. The molecular weight excluding hydrogens is 377 g/mol. The van der Waals surface area contributed by atoms with E-state index in [0.29, 0.717) is 41.3 Å². The highest BCUT2D eigenvalue weighted by Gasteiger charge is 2.44. The lowest BCUT2D eigenvalue weighted by Gasteiger charge is -2.43. The number of hydrogen-bond acceptors (Lipinski definition) is 5. The van der Waals surface area contributed by atoms with Gasteiger partial charge in [0.15, 0.2) is 11.6 Å². The van der Waals surface area contributed by atoms with E-state index < -0.39 is 17.3 Å². The van der Waals surface area contributed by atoms with E-state index in [2.05, 4.69) is 0 Å². The van der Waals surface area contributed by atoms with Crippen molar-refractivity contribution in [2.45, 2.75) is 44.2 Å². The Morgan fingerprint density at radius 2 is 2.14 bits per heavy atom. The molecule has 3 aliphatic rings. The van der Waals surface area contributed by atoms with Gasteiger partial charge in [-0.25, -0.2) is 9.18 Å². The maximum atomic E-state index is 15.2. The molecule has 1 unspecified atom stereocenters. The summed E-state index contributed by atoms with van der Waals surface area (Å²) in [6.45, 7) is 3.30. The van der Waals surface area contributed by atoms with Gasteiger partial charge in [0.05, 0.1) is 11.6 Å². The van der Waals surface area contributed by atoms with E-state index >= 15 is 4.39 Å². The number of rotatable bonds is 3. The zero-order valence-corrected chi connectivity index (χ0v) is 16.3. The fourth-order valence-corrected chi connectivity index (χ4v) is 5.14. The molecule has 29 heavy (non-hydrogen) atoms. The molecule has 2 aromatic rings. The van der Waals surface area contributed by atoms with E-state index in [1.165, 1.54) is 16.7 Å². The van der Waals surface area contributed by atoms with E-state index in [1.807, 2.05) is 4.90 Å². The van der Waals surface area contributed by atoms with Gasteiger partial charge in [0.2, 0.25) is 0 Å². The number of carbonyl (C=O) groups is 1. The van der Waals surface area contributed by atoms with Crippen LogP contribution in [0.3, 0.4) is 0 Å². The average Bonchev–Trinajstić information content (AvgIpc) is 3.13. The van der Waals surface area contributed by atoms with Crippen molar-refractivity contribution in [2.75, 3.05) is 24.6 Å². The summed E-state index contributed by atoms with van der Waals surface area (Å²) in [7, 11) is 0. The normalized spacial score (nSPS) is 25.0. The molecule has 1 aromatic carbocycles. The highest BCUT2D eigenvalue weighted by Crippen LogP contribution is 2.46. The number of aromatic carboxylic acids is 1. The van der Waals surface area contributed by atoms with E-state index in [0.717, 1.165) is 25.7 Å². The predicted octanol–water partition coefficient (Wildman–Crippen LogP) is 2.50. The number of nitrogens with two attached hydrogens (primary N) is 1. The third kappa shape index (κ3) is 2.58. The predicted molar refractivity (Wildman–Crippen MR) is 106 cm³/mol. The fourth-order valence-electron chi connectivity index (χ4n) is 5.14. The first-order valence-corrected chi connectivity index (χ1v) is 10.1. The van der Waals surface area contributed by atoms with Crippen LogP contribution in [0.5, 0.6) is 5.75 Å². The number of benzene rings is 1. The second-order valence-electron chi connectivity index (χ2n) is 8.69. The topological polar surface area (TPSA) is 97.8 Å². The minimum absolute atomic E-state index is 0.160. The molecule has 2 atom stereocenters. The molecule has 0 amide bonds. The van der Waals surface area contributed by atoms with Crippen LogP contribution in [-0.4, -0.2) is 40.9 Å². The quantitative estimate of drug-likeness (QED) is 0.820. The summed E-state index contributed by atoms with van der Waals surface area (Å²) >= 11 is 0. The van der Waals surface area contributed by atoms with Gasteiger partial charge in [-0.1, -0.05) is 0 Å². The Morgan fingerprint density at radius 3 is 2.79 bits per heavy atom. The SMILES string of the molecule is C[C@H]1COc2c(N3CCC(C4(N)CCC4)C3)c(F)cc3cc(C(=O)O)c(=O)n1c23. The van der Waals surface area contributed by atoms with Crippen LogP contribution >= 0.6 is 0 Å². The molecule has 3 N–H and O–H groups in total. The Bertz CT molecular complexity index is 1090. The molecule has 1 saturated carbocycles. The number of carboxylic acids is 1. The van der Waals surface area contributed by atoms with E-state index in [9.17, 15) is 14.7 Å². The number of ether oxygens (including phenoxy) is 1. The molecule has 0 bridgehead atoms. The van der Waals surface area contributed by atoms with Gasteiger partial charge in [-0.3, -0.25) is 9.36 Å². The third-order valence-corrected chi connectivity index (χ3v) is 6.94. The number of hydrogen-bond donors (Lipinski definition) is 2. The number of nitrogens with zero attached hydrogens (tertiary/aromatic N) is 2. The molecule has 1 saturated heterocycles. The number of anilines is 1. The van der Waals surface area contributed by atoms with E-state index in [-0.39, 0.29) is 23.8 Å². The van der Waals surface area contributed by atoms with Crippen LogP contribution < -0.4 is 20.9 Å². The second kappa shape index (κ2) is 6.19. The van der Waals surface area contributed by atoms with Crippen LogP contribution in [0.15, 0.2) is 16.9 Å². The molecular formula is C21H24FN3O4. The van der Waals surface area contributed by atoms with Crippen molar-refractivity contribution in [3.8, 4) is 5.75 Å². The van der Waals surface area contributed by atoms with Crippen LogP contribution in [0.2, 0.25) is 0 Å². The van der Waals surface area contributed by atoms with Crippen molar-refractivity contribution in [3.05, 3.63) is 33.9 Å². The highest BCUT2D eigenvalue weighted by molar-refractivity contribution is 5.97. The van der Waals surface area contributed by atoms with Crippen molar-refractivity contribution in [2.24, 2.45) is 11.7 Å². The third-order valence-electron chi connectivity index (χ3n) is 6.94. The first-order valence-electron chi connectivity index (χ1n) is 10.1. The lowest BCUT2D eigenvalue weighted by atomic mass is 9.68. The summed E-state index contributed by atoms with van der Waals surface area (Å²) in [5, 5.41) is 9.75. The maximum Gasteiger partial charge on any atom is 0.341 e. The molecule has 8 heteroatoms. The Kier molecular flexibility index (Phi) is 3.93. The Labute approximate surface area is 166 Å². The molecule has 2 aliphatic heterocycles. The molecule has 2 fully saturated rings. The van der Waals surface area contributed by atoms with Crippen LogP contribution in [-0.2, 0) is 0 Å². The molecule has 5 rings (SSSR count). The first kappa shape index (κ1) is 18.4. The largest absolute Gasteiger partial charge is 0.487 e. The van der Waals surface area contributed by atoms with Gasteiger partial charge < -0.3 is 20.5 Å². The smallest absolute Gasteiger partial charge is 0.341 e. The van der Waals surface area contributed by atoms with Crippen molar-refractivity contribution in [1.82, 2.24) is 4.57 Å². The molecule has 154 valence electrons. The van der Waals surface area contributed by atoms with Gasteiger partial charge in [-0.05, 0) is 50.7 Å². The Morgan fingerprint density at radius 1 is 1.38 bits per heavy atom. The van der Waals surface area contributed by atoms with Crippen LogP contribution in [0, 0.1) is 11.7 Å². The van der Waals surface area contributed by atoms with E-state index in [1.54, 1.807) is 6.92 Å². The van der Waals surface area contributed by atoms with Crippen LogP contribution in [0.4, 0.5) is 10.1 Å². The zero-order valence-electron chi connectivity index (χ0n) is 16.3. The summed E-state index contributed by atoms with van der Waals surface area (Å²) in [6.07, 6.45) is 4.05. The molecule has 1 aliphatic carbocycles. The summed E-state index contributed by atoms with van der Waals surface area (Å²) in [5.41, 5.74) is 6.22. The average molecular weight is 401 g/mol. The van der Waals surface area contributed by atoms with Crippen LogP contribution in [0.1, 0.15) is 49.0 Å². The van der Waals surface area contributed by atoms with Gasteiger partial charge >= 0.3 is 5.97 Å². The van der Waals surface area contributed by atoms with Crippen molar-refractivity contribution < 1.29 is 19.0 Å². The van der Waals surface area contributed by atoms with E-state index in [4.69, 9.17) is 10.5 Å². The minimum atomic E-state index is -1.32. The summed E-state index contributed by atoms with van der Waals surface area (Å²) < 4.78 is 22.6. The highest BCUT2D eigenvalue weighted by atomic mass is 19.1. The number of aromatic nitrogens is 1. The summed E-state index contributed by atoms with van der Waals surface area (Å²) in [4.78, 5) is 26.3. The second-order valence-corrected chi connectivity index (χ2v) is 8.69. The number of carboxylic acid groups (broad SMARTS) is 1. The molecule has 0 radical (unpaired) electrons. The van der Waals surface area contributed by atoms with Crippen molar-refractivity contribution >= 4 is 22.6 Å². The summed E-state index contributed by atoms with van der Waals surface area (Å²) in [5.74, 6) is -1.16. The monoisotopic (exact) mass is 401 g/mol. The van der Waals surface area contributed by atoms with Crippen molar-refractivity contribution in [3.63, 3.8) is 0 Å². The Balaban J connectivity index is 1.67. The fraction of sp³-hybridized carbons (Fsp3) is 0.524. The van der Waals surface area contributed by atoms with Gasteiger partial charge in [0.25, 0.3) is 5.56 Å². The Hall–Kier alpha value is -2.61. The standard InChI is InChI=1S/C21H24FN3O4/c1-11-10-29-18-16-12(7-14(20(27)28)19(26)25(11)16)8-15(22)17(18)24-6-3-13(9-24)21(23)4-2-5-21/h7-8,11,13H,2-6,9-10,23H2,1H3,(H,27,28)/t11-,13?/m0/s1. The lowest BCUT2D eigenvalue weighted by Crippen LogP contribution is -2.53. The lowest BCUT2D eigenvalue weighted by molar-refractivity contribution is 0.0694. The number of halogens is 1. The van der Waals surface area contributed by atoms with Gasteiger partial charge in [0, 0.05) is 24.0 Å². The summed E-state index contributed by atoms with van der Waals surface area (Å²) in [6, 6.07) is 2.21. The first-order chi connectivity index (χ1) is 13.8. The van der Waals surface area contributed by atoms with Gasteiger partial charge in [0.1, 0.15) is 17.9 Å². The number of pyridine rings is 1. The zero-order chi connectivity index (χ0) is 20.5. The van der Waals surface area contributed by atoms with Gasteiger partial charge in [-0.2, -0.15) is 0 Å².